The molecule has 1 saturated heterocycles. The Morgan fingerprint density at radius 3 is 1.03 bits per heavy atom. The zero-order valence-electron chi connectivity index (χ0n) is 19.7. The van der Waals surface area contributed by atoms with Gasteiger partial charge in [0.25, 0.3) is 0 Å². The molecular formula is C26H48N4. The number of hydrogen-bond acceptors (Lipinski definition) is 4. The van der Waals surface area contributed by atoms with Gasteiger partial charge in [-0.15, -0.1) is 0 Å². The highest BCUT2D eigenvalue weighted by molar-refractivity contribution is 4.84. The summed E-state index contributed by atoms with van der Waals surface area (Å²) in [4.78, 5) is 11.1. The van der Waals surface area contributed by atoms with E-state index in [-0.39, 0.29) is 0 Å². The summed E-state index contributed by atoms with van der Waals surface area (Å²) in [5, 5.41) is 0. The second kappa shape index (κ2) is 10.6. The lowest BCUT2D eigenvalue weighted by atomic mass is 10.2. The maximum absolute atomic E-state index is 2.82. The molecule has 0 aromatic heterocycles. The molecule has 5 fully saturated rings. The van der Waals surface area contributed by atoms with E-state index in [9.17, 15) is 0 Å². The van der Waals surface area contributed by atoms with E-state index < -0.39 is 0 Å². The van der Waals surface area contributed by atoms with Gasteiger partial charge in [0.05, 0.1) is 0 Å². The molecule has 0 radical (unpaired) electrons. The Bertz CT molecular complexity index is 427. The molecule has 0 amide bonds. The van der Waals surface area contributed by atoms with Gasteiger partial charge < -0.3 is 19.6 Å². The molecule has 0 aromatic carbocycles. The van der Waals surface area contributed by atoms with Crippen molar-refractivity contribution in [3.63, 3.8) is 0 Å². The van der Waals surface area contributed by atoms with Crippen LogP contribution in [0.3, 0.4) is 0 Å². The SMILES string of the molecule is C(CN1CCN(CCCN(CC2CC2)CC2CC2)CC1)CN(CC1CC1)CC1CC1. The van der Waals surface area contributed by atoms with E-state index in [1.807, 2.05) is 0 Å². The van der Waals surface area contributed by atoms with Crippen molar-refractivity contribution in [2.75, 3.05) is 78.5 Å². The van der Waals surface area contributed by atoms with Crippen LogP contribution in [0.15, 0.2) is 0 Å². The van der Waals surface area contributed by atoms with Gasteiger partial charge in [0.2, 0.25) is 0 Å². The molecule has 4 nitrogen and oxygen atoms in total. The fourth-order valence-corrected chi connectivity index (χ4v) is 5.45. The van der Waals surface area contributed by atoms with E-state index in [4.69, 9.17) is 0 Å². The maximum Gasteiger partial charge on any atom is 0.0110 e. The van der Waals surface area contributed by atoms with Gasteiger partial charge in [-0.1, -0.05) is 0 Å². The van der Waals surface area contributed by atoms with Crippen LogP contribution in [-0.4, -0.2) is 98.1 Å². The average Bonchev–Trinajstić information content (AvgIpc) is 3.56. The molecule has 1 aliphatic heterocycles. The number of hydrogen-bond donors (Lipinski definition) is 0. The predicted molar refractivity (Wildman–Crippen MR) is 126 cm³/mol. The predicted octanol–water partition coefficient (Wildman–Crippen LogP) is 3.63. The van der Waals surface area contributed by atoms with Gasteiger partial charge in [0, 0.05) is 52.4 Å². The van der Waals surface area contributed by atoms with Crippen LogP contribution in [0, 0.1) is 23.7 Å². The summed E-state index contributed by atoms with van der Waals surface area (Å²) in [7, 11) is 0. The van der Waals surface area contributed by atoms with Gasteiger partial charge in [-0.05, 0) is 114 Å². The summed E-state index contributed by atoms with van der Waals surface area (Å²) in [6.07, 6.45) is 14.8. The molecule has 5 aliphatic rings. The second-order valence-corrected chi connectivity index (χ2v) is 11.7. The Morgan fingerprint density at radius 2 is 0.767 bits per heavy atom. The quantitative estimate of drug-likeness (QED) is 0.381. The monoisotopic (exact) mass is 416 g/mol. The van der Waals surface area contributed by atoms with Gasteiger partial charge in [-0.3, -0.25) is 0 Å². The second-order valence-electron chi connectivity index (χ2n) is 11.7. The summed E-state index contributed by atoms with van der Waals surface area (Å²) in [5.41, 5.74) is 0. The molecule has 5 rings (SSSR count). The highest BCUT2D eigenvalue weighted by Gasteiger charge is 2.30. The molecule has 4 aliphatic carbocycles. The first-order valence-corrected chi connectivity index (χ1v) is 13.7. The van der Waals surface area contributed by atoms with E-state index in [1.165, 1.54) is 143 Å². The van der Waals surface area contributed by atoms with Gasteiger partial charge in [-0.2, -0.15) is 0 Å². The Morgan fingerprint density at radius 1 is 0.467 bits per heavy atom. The largest absolute Gasteiger partial charge is 0.303 e. The van der Waals surface area contributed by atoms with E-state index in [2.05, 4.69) is 19.6 Å². The van der Waals surface area contributed by atoms with Gasteiger partial charge in [0.15, 0.2) is 0 Å². The van der Waals surface area contributed by atoms with E-state index in [0.717, 1.165) is 23.7 Å². The van der Waals surface area contributed by atoms with E-state index >= 15 is 0 Å². The number of nitrogens with zero attached hydrogens (tertiary/aromatic N) is 4. The number of piperazine rings is 1. The minimum atomic E-state index is 1.05. The zero-order valence-corrected chi connectivity index (χ0v) is 19.7. The van der Waals surface area contributed by atoms with Crippen LogP contribution < -0.4 is 0 Å². The third kappa shape index (κ3) is 8.07. The van der Waals surface area contributed by atoms with Crippen molar-refractivity contribution >= 4 is 0 Å². The van der Waals surface area contributed by atoms with Crippen LogP contribution in [0.5, 0.6) is 0 Å². The molecule has 4 saturated carbocycles. The third-order valence-corrected chi connectivity index (χ3v) is 8.22. The van der Waals surface area contributed by atoms with Crippen molar-refractivity contribution in [1.82, 2.24) is 19.6 Å². The lowest BCUT2D eigenvalue weighted by Crippen LogP contribution is -2.47. The smallest absolute Gasteiger partial charge is 0.0110 e. The van der Waals surface area contributed by atoms with Gasteiger partial charge in [0.1, 0.15) is 0 Å². The Labute approximate surface area is 186 Å². The molecular weight excluding hydrogens is 368 g/mol. The summed E-state index contributed by atoms with van der Waals surface area (Å²) >= 11 is 0. The highest BCUT2D eigenvalue weighted by Crippen LogP contribution is 2.34. The molecule has 30 heavy (non-hydrogen) atoms. The standard InChI is InChI=1S/C26H48N4/c1(13-29(19-23-3-4-23)20-24-5-6-24)11-27-15-17-28(18-16-27)12-2-14-30(21-25-7-8-25)22-26-9-10-26/h23-26H,1-22H2. The van der Waals surface area contributed by atoms with Crippen molar-refractivity contribution in [1.29, 1.82) is 0 Å². The molecule has 0 aromatic rings. The van der Waals surface area contributed by atoms with Crippen LogP contribution in [0.25, 0.3) is 0 Å². The molecule has 1 heterocycles. The van der Waals surface area contributed by atoms with Gasteiger partial charge >= 0.3 is 0 Å². The first-order chi connectivity index (χ1) is 14.8. The van der Waals surface area contributed by atoms with Crippen molar-refractivity contribution in [2.24, 2.45) is 23.7 Å². The minimum absolute atomic E-state index is 1.05. The molecule has 0 bridgehead atoms. The Balaban J connectivity index is 0.919. The summed E-state index contributed by atoms with van der Waals surface area (Å²) in [6.45, 7) is 16.2. The third-order valence-electron chi connectivity index (χ3n) is 8.22. The lowest BCUT2D eigenvalue weighted by molar-refractivity contribution is 0.120. The van der Waals surface area contributed by atoms with Crippen molar-refractivity contribution in [2.45, 2.75) is 64.2 Å². The first kappa shape index (κ1) is 21.7. The molecule has 0 N–H and O–H groups in total. The molecule has 0 unspecified atom stereocenters. The van der Waals surface area contributed by atoms with Crippen molar-refractivity contribution in [3.8, 4) is 0 Å². The highest BCUT2D eigenvalue weighted by atomic mass is 15.3. The fourth-order valence-electron chi connectivity index (χ4n) is 5.45. The lowest BCUT2D eigenvalue weighted by Gasteiger charge is -2.35. The minimum Gasteiger partial charge on any atom is -0.303 e. The summed E-state index contributed by atoms with van der Waals surface area (Å²) < 4.78 is 0. The maximum atomic E-state index is 2.82. The van der Waals surface area contributed by atoms with Crippen molar-refractivity contribution < 1.29 is 0 Å². The van der Waals surface area contributed by atoms with Crippen LogP contribution >= 0.6 is 0 Å². The topological polar surface area (TPSA) is 13.0 Å². The normalized spacial score (nSPS) is 26.2. The zero-order chi connectivity index (χ0) is 20.2. The first-order valence-electron chi connectivity index (χ1n) is 13.7. The average molecular weight is 417 g/mol. The molecule has 0 atom stereocenters. The van der Waals surface area contributed by atoms with Crippen LogP contribution in [0.4, 0.5) is 0 Å². The van der Waals surface area contributed by atoms with E-state index in [1.54, 1.807) is 0 Å². The van der Waals surface area contributed by atoms with Gasteiger partial charge in [-0.25, -0.2) is 0 Å². The van der Waals surface area contributed by atoms with E-state index in [0.29, 0.717) is 0 Å². The fraction of sp³-hybridized carbons (Fsp3) is 1.00. The summed E-state index contributed by atoms with van der Waals surface area (Å²) in [5.74, 6) is 4.21. The van der Waals surface area contributed by atoms with Crippen LogP contribution in [0.2, 0.25) is 0 Å². The molecule has 0 spiro atoms. The Hall–Kier alpha value is -0.160. The molecule has 4 heteroatoms. The Kier molecular flexibility index (Phi) is 7.69. The number of rotatable bonds is 16. The summed E-state index contributed by atoms with van der Waals surface area (Å²) in [6, 6.07) is 0. The van der Waals surface area contributed by atoms with Crippen LogP contribution in [-0.2, 0) is 0 Å². The van der Waals surface area contributed by atoms with Crippen LogP contribution in [0.1, 0.15) is 64.2 Å². The molecule has 172 valence electrons. The van der Waals surface area contributed by atoms with Crippen molar-refractivity contribution in [3.05, 3.63) is 0 Å².